The van der Waals surface area contributed by atoms with Crippen LogP contribution in [0.25, 0.3) is 10.2 Å². The third-order valence-corrected chi connectivity index (χ3v) is 9.23. The van der Waals surface area contributed by atoms with Crippen molar-refractivity contribution in [2.75, 3.05) is 11.1 Å². The van der Waals surface area contributed by atoms with Crippen molar-refractivity contribution in [1.82, 2.24) is 9.55 Å². The van der Waals surface area contributed by atoms with Gasteiger partial charge in [-0.05, 0) is 56.6 Å². The van der Waals surface area contributed by atoms with Crippen molar-refractivity contribution in [2.24, 2.45) is 5.73 Å². The Balaban J connectivity index is 1.37. The summed E-state index contributed by atoms with van der Waals surface area (Å²) < 4.78 is 1.65. The highest BCUT2D eigenvalue weighted by molar-refractivity contribution is 7.99. The van der Waals surface area contributed by atoms with Gasteiger partial charge in [-0.1, -0.05) is 11.8 Å². The lowest BCUT2D eigenvalue weighted by molar-refractivity contribution is -0.113. The first-order valence-electron chi connectivity index (χ1n) is 10.4. The molecule has 2 amide bonds. The summed E-state index contributed by atoms with van der Waals surface area (Å²) in [6, 6.07) is 0. The largest absolute Gasteiger partial charge is 0.365 e. The Kier molecular flexibility index (Phi) is 5.39. The Labute approximate surface area is 191 Å². The van der Waals surface area contributed by atoms with Crippen molar-refractivity contribution in [1.29, 1.82) is 0 Å². The molecule has 10 heteroatoms. The molecule has 0 saturated carbocycles. The number of carbonyl (C=O) groups is 2. The molecular weight excluding hydrogens is 452 g/mol. The molecule has 0 radical (unpaired) electrons. The molecule has 31 heavy (non-hydrogen) atoms. The van der Waals surface area contributed by atoms with Crippen molar-refractivity contribution in [3.05, 3.63) is 36.8 Å². The fourth-order valence-electron chi connectivity index (χ4n) is 4.49. The maximum Gasteiger partial charge on any atom is 0.263 e. The Hall–Kier alpha value is -2.17. The molecule has 3 heterocycles. The van der Waals surface area contributed by atoms with E-state index in [1.54, 1.807) is 15.9 Å². The van der Waals surface area contributed by atoms with E-state index in [0.29, 0.717) is 22.3 Å². The van der Waals surface area contributed by atoms with Crippen LogP contribution in [0.4, 0.5) is 5.00 Å². The molecule has 0 saturated heterocycles. The van der Waals surface area contributed by atoms with Gasteiger partial charge in [-0.2, -0.15) is 0 Å². The Morgan fingerprint density at radius 2 is 1.84 bits per heavy atom. The van der Waals surface area contributed by atoms with Crippen LogP contribution in [0.15, 0.2) is 9.95 Å². The van der Waals surface area contributed by atoms with Gasteiger partial charge in [0.25, 0.3) is 11.5 Å². The molecule has 3 N–H and O–H groups in total. The van der Waals surface area contributed by atoms with Gasteiger partial charge >= 0.3 is 0 Å². The number of hydrogen-bond donors (Lipinski definition) is 2. The number of rotatable bonds is 6. The Bertz CT molecular complexity index is 1290. The standard InChI is InChI=1S/C21H22N4O3S3/c1-2-25-20(28)16-11-6-4-8-13(11)31-19(16)24-21(25)29-9-14(26)23-18-15(17(22)27)10-5-3-7-12(10)30-18/h2-9H2,1H3,(H2,22,27)(H,23,26). The Morgan fingerprint density at radius 1 is 1.13 bits per heavy atom. The number of aromatic nitrogens is 2. The fraction of sp³-hybridized carbons (Fsp3) is 0.429. The third-order valence-electron chi connectivity index (χ3n) is 5.86. The molecule has 162 valence electrons. The third kappa shape index (κ3) is 3.50. The minimum absolute atomic E-state index is 0.0134. The molecule has 0 bridgehead atoms. The van der Waals surface area contributed by atoms with Crippen LogP contribution >= 0.6 is 34.4 Å². The van der Waals surface area contributed by atoms with Gasteiger partial charge in [0.2, 0.25) is 5.91 Å². The molecule has 5 rings (SSSR count). The lowest BCUT2D eigenvalue weighted by Gasteiger charge is -2.10. The van der Waals surface area contributed by atoms with Crippen LogP contribution in [-0.4, -0.2) is 27.1 Å². The van der Waals surface area contributed by atoms with Crippen molar-refractivity contribution in [3.63, 3.8) is 0 Å². The zero-order valence-corrected chi connectivity index (χ0v) is 19.5. The van der Waals surface area contributed by atoms with Gasteiger partial charge in [0, 0.05) is 16.3 Å². The van der Waals surface area contributed by atoms with E-state index in [9.17, 15) is 14.4 Å². The second-order valence-corrected chi connectivity index (χ2v) is 10.9. The molecule has 0 fully saturated rings. The van der Waals surface area contributed by atoms with E-state index < -0.39 is 5.91 Å². The van der Waals surface area contributed by atoms with Gasteiger partial charge in [-0.15, -0.1) is 22.7 Å². The molecule has 3 aromatic rings. The van der Waals surface area contributed by atoms with E-state index >= 15 is 0 Å². The first-order chi connectivity index (χ1) is 15.0. The highest BCUT2D eigenvalue weighted by Crippen LogP contribution is 2.39. The number of anilines is 1. The number of amides is 2. The monoisotopic (exact) mass is 474 g/mol. The van der Waals surface area contributed by atoms with E-state index in [4.69, 9.17) is 10.7 Å². The van der Waals surface area contributed by atoms with Gasteiger partial charge in [-0.3, -0.25) is 19.0 Å². The number of thiophene rings is 2. The second-order valence-electron chi connectivity index (χ2n) is 7.74. The zero-order valence-electron chi connectivity index (χ0n) is 17.1. The number of primary amides is 1. The lowest BCUT2D eigenvalue weighted by atomic mass is 10.1. The number of thioether (sulfide) groups is 1. The quantitative estimate of drug-likeness (QED) is 0.421. The van der Waals surface area contributed by atoms with Gasteiger partial charge in [0.1, 0.15) is 9.83 Å². The average molecular weight is 475 g/mol. The zero-order chi connectivity index (χ0) is 21.7. The Morgan fingerprint density at radius 3 is 2.55 bits per heavy atom. The van der Waals surface area contributed by atoms with Crippen molar-refractivity contribution in [3.8, 4) is 0 Å². The summed E-state index contributed by atoms with van der Waals surface area (Å²) in [4.78, 5) is 45.6. The van der Waals surface area contributed by atoms with E-state index in [2.05, 4.69) is 5.32 Å². The highest BCUT2D eigenvalue weighted by Gasteiger charge is 2.27. The minimum atomic E-state index is -0.500. The molecule has 2 aliphatic carbocycles. The van der Waals surface area contributed by atoms with Crippen LogP contribution in [0, 0.1) is 0 Å². The summed E-state index contributed by atoms with van der Waals surface area (Å²) in [5.74, 6) is -0.637. The number of nitrogens with two attached hydrogens (primary N) is 1. The lowest BCUT2D eigenvalue weighted by Crippen LogP contribution is -2.24. The van der Waals surface area contributed by atoms with Crippen LogP contribution in [0.5, 0.6) is 0 Å². The number of nitrogens with one attached hydrogen (secondary N) is 1. The summed E-state index contributed by atoms with van der Waals surface area (Å²) in [7, 11) is 0. The van der Waals surface area contributed by atoms with Crippen molar-refractivity contribution >= 4 is 61.5 Å². The number of carbonyl (C=O) groups excluding carboxylic acids is 2. The van der Waals surface area contributed by atoms with Crippen LogP contribution in [0.2, 0.25) is 0 Å². The molecule has 0 aromatic carbocycles. The first kappa shape index (κ1) is 20.7. The van der Waals surface area contributed by atoms with Crippen LogP contribution in [-0.2, 0) is 37.0 Å². The van der Waals surface area contributed by atoms with Gasteiger partial charge in [0.05, 0.1) is 16.7 Å². The average Bonchev–Trinajstić information content (AvgIpc) is 3.46. The SMILES string of the molecule is CCn1c(SCC(=O)Nc2sc3c(c2C(N)=O)CCC3)nc2sc3c(c2c1=O)CCC3. The molecule has 0 atom stereocenters. The number of nitrogens with zero attached hydrogens (tertiary/aromatic N) is 2. The normalized spacial score (nSPS) is 14.7. The highest BCUT2D eigenvalue weighted by atomic mass is 32.2. The number of aryl methyl sites for hydroxylation is 3. The molecular formula is C21H22N4O3S3. The maximum absolute atomic E-state index is 13.1. The molecule has 0 unspecified atom stereocenters. The minimum Gasteiger partial charge on any atom is -0.365 e. The smallest absolute Gasteiger partial charge is 0.263 e. The maximum atomic E-state index is 13.1. The molecule has 0 spiro atoms. The van der Waals surface area contributed by atoms with Gasteiger partial charge in [-0.25, -0.2) is 4.98 Å². The van der Waals surface area contributed by atoms with E-state index in [1.807, 2.05) is 6.92 Å². The molecule has 7 nitrogen and oxygen atoms in total. The summed E-state index contributed by atoms with van der Waals surface area (Å²) in [5, 5.41) is 4.70. The van der Waals surface area contributed by atoms with E-state index in [1.165, 1.54) is 33.5 Å². The fourth-order valence-corrected chi connectivity index (χ4v) is 7.97. The first-order valence-corrected chi connectivity index (χ1v) is 13.0. The summed E-state index contributed by atoms with van der Waals surface area (Å²) in [6.07, 6.45) is 5.81. The van der Waals surface area contributed by atoms with Crippen LogP contribution in [0.1, 0.15) is 51.0 Å². The van der Waals surface area contributed by atoms with E-state index in [-0.39, 0.29) is 17.2 Å². The number of fused-ring (bicyclic) bond motifs is 4. The van der Waals surface area contributed by atoms with Crippen molar-refractivity contribution < 1.29 is 9.59 Å². The van der Waals surface area contributed by atoms with Crippen molar-refractivity contribution in [2.45, 2.75) is 57.1 Å². The van der Waals surface area contributed by atoms with Gasteiger partial charge < -0.3 is 11.1 Å². The molecule has 2 aliphatic rings. The molecule has 3 aromatic heterocycles. The topological polar surface area (TPSA) is 107 Å². The number of hydrogen-bond acceptors (Lipinski definition) is 7. The van der Waals surface area contributed by atoms with Crippen LogP contribution < -0.4 is 16.6 Å². The van der Waals surface area contributed by atoms with E-state index in [0.717, 1.165) is 59.2 Å². The summed E-state index contributed by atoms with van der Waals surface area (Å²) in [6.45, 7) is 2.41. The predicted molar refractivity (Wildman–Crippen MR) is 126 cm³/mol. The van der Waals surface area contributed by atoms with Crippen LogP contribution in [0.3, 0.4) is 0 Å². The molecule has 0 aliphatic heterocycles. The second kappa shape index (κ2) is 8.07. The summed E-state index contributed by atoms with van der Waals surface area (Å²) in [5.41, 5.74) is 8.16. The predicted octanol–water partition coefficient (Wildman–Crippen LogP) is 3.35. The van der Waals surface area contributed by atoms with Gasteiger partial charge in [0.15, 0.2) is 5.16 Å². The summed E-state index contributed by atoms with van der Waals surface area (Å²) >= 11 is 4.29.